The zero-order valence-electron chi connectivity index (χ0n) is 14.2. The Morgan fingerprint density at radius 1 is 1.48 bits per heavy atom. The summed E-state index contributed by atoms with van der Waals surface area (Å²) in [4.78, 5) is 28.1. The molecule has 1 aliphatic heterocycles. The van der Waals surface area contributed by atoms with Gasteiger partial charge in [0.05, 0.1) is 11.5 Å². The molecule has 0 aromatic carbocycles. The lowest BCUT2D eigenvalue weighted by Crippen LogP contribution is -2.44. The van der Waals surface area contributed by atoms with Crippen LogP contribution in [0.5, 0.6) is 5.75 Å². The van der Waals surface area contributed by atoms with E-state index in [1.165, 1.54) is 11.0 Å². The maximum Gasteiger partial charge on any atom is 0.406 e. The molecule has 1 atom stereocenters. The summed E-state index contributed by atoms with van der Waals surface area (Å²) in [5.74, 6) is -0.902. The van der Waals surface area contributed by atoms with Crippen molar-refractivity contribution >= 4 is 21.6 Å². The largest absolute Gasteiger partial charge is 0.476 e. The van der Waals surface area contributed by atoms with Gasteiger partial charge >= 0.3 is 5.82 Å². The highest BCUT2D eigenvalue weighted by molar-refractivity contribution is 7.91. The monoisotopic (exact) mass is 371 g/mol. The molecule has 1 saturated heterocycles. The van der Waals surface area contributed by atoms with Gasteiger partial charge < -0.3 is 19.8 Å². The molecule has 0 unspecified atom stereocenters. The Morgan fingerprint density at radius 2 is 2.20 bits per heavy atom. The lowest BCUT2D eigenvalue weighted by atomic mass is 10.2. The van der Waals surface area contributed by atoms with Gasteiger partial charge in [0.2, 0.25) is 5.75 Å². The fourth-order valence-corrected chi connectivity index (χ4v) is 4.50. The van der Waals surface area contributed by atoms with E-state index in [0.717, 1.165) is 0 Å². The molecule has 138 valence electrons. The SMILES string of the molecule is CCCN(C(=O)COc1ccc(C)nc1[N+](=O)[O-])[C@@H]1CCS(=O)(=O)C1. The third-order valence-corrected chi connectivity index (χ3v) is 5.69. The number of carbonyl (C=O) groups excluding carboxylic acids is 1. The summed E-state index contributed by atoms with van der Waals surface area (Å²) < 4.78 is 28.6. The van der Waals surface area contributed by atoms with Gasteiger partial charge in [-0.2, -0.15) is 0 Å². The lowest BCUT2D eigenvalue weighted by molar-refractivity contribution is -0.390. The first-order valence-corrected chi connectivity index (χ1v) is 9.80. The van der Waals surface area contributed by atoms with Crippen LogP contribution in [0.15, 0.2) is 12.1 Å². The summed E-state index contributed by atoms with van der Waals surface area (Å²) in [6.07, 6.45) is 1.08. The molecular weight excluding hydrogens is 350 g/mol. The molecule has 1 aliphatic rings. The number of rotatable bonds is 7. The second-order valence-corrected chi connectivity index (χ2v) is 8.19. The topological polar surface area (TPSA) is 120 Å². The molecule has 1 aromatic rings. The fourth-order valence-electron chi connectivity index (χ4n) is 2.77. The highest BCUT2D eigenvalue weighted by Gasteiger charge is 2.34. The number of nitro groups is 1. The number of sulfone groups is 1. The minimum Gasteiger partial charge on any atom is -0.476 e. The summed E-state index contributed by atoms with van der Waals surface area (Å²) in [6.45, 7) is 3.52. The van der Waals surface area contributed by atoms with Crippen molar-refractivity contribution < 1.29 is 22.9 Å². The van der Waals surface area contributed by atoms with Crippen molar-refractivity contribution in [1.29, 1.82) is 0 Å². The zero-order valence-corrected chi connectivity index (χ0v) is 15.0. The van der Waals surface area contributed by atoms with Crippen LogP contribution in [0.1, 0.15) is 25.5 Å². The smallest absolute Gasteiger partial charge is 0.406 e. The Labute approximate surface area is 146 Å². The number of aromatic nitrogens is 1. The van der Waals surface area contributed by atoms with Crippen LogP contribution in [-0.4, -0.2) is 59.8 Å². The van der Waals surface area contributed by atoms with Gasteiger partial charge in [0.15, 0.2) is 16.4 Å². The molecular formula is C15H21N3O6S. The summed E-state index contributed by atoms with van der Waals surface area (Å²) in [6, 6.07) is 2.59. The van der Waals surface area contributed by atoms with E-state index in [-0.39, 0.29) is 29.2 Å². The number of ether oxygens (including phenoxy) is 1. The minimum absolute atomic E-state index is 0.0506. The average Bonchev–Trinajstić information content (AvgIpc) is 2.90. The normalized spacial score (nSPS) is 18.7. The van der Waals surface area contributed by atoms with Crippen LogP contribution in [0.3, 0.4) is 0 Å². The number of pyridine rings is 1. The van der Waals surface area contributed by atoms with Gasteiger partial charge in [0.1, 0.15) is 5.69 Å². The van der Waals surface area contributed by atoms with Crippen molar-refractivity contribution in [3.05, 3.63) is 27.9 Å². The highest BCUT2D eigenvalue weighted by atomic mass is 32.2. The van der Waals surface area contributed by atoms with Gasteiger partial charge in [-0.25, -0.2) is 8.42 Å². The molecule has 0 aliphatic carbocycles. The molecule has 9 nitrogen and oxygen atoms in total. The van der Waals surface area contributed by atoms with Crippen LogP contribution in [0.25, 0.3) is 0 Å². The van der Waals surface area contributed by atoms with Crippen LogP contribution in [0.2, 0.25) is 0 Å². The van der Waals surface area contributed by atoms with Crippen molar-refractivity contribution in [3.8, 4) is 5.75 Å². The molecule has 2 heterocycles. The summed E-state index contributed by atoms with van der Waals surface area (Å²) in [7, 11) is -3.12. The number of aryl methyl sites for hydroxylation is 1. The predicted molar refractivity (Wildman–Crippen MR) is 90.2 cm³/mol. The van der Waals surface area contributed by atoms with E-state index < -0.39 is 27.2 Å². The van der Waals surface area contributed by atoms with Crippen molar-refractivity contribution in [2.75, 3.05) is 24.7 Å². The molecule has 1 amide bonds. The Hall–Kier alpha value is -2.23. The van der Waals surface area contributed by atoms with Gasteiger partial charge in [0, 0.05) is 19.5 Å². The van der Waals surface area contributed by atoms with Crippen LogP contribution in [0, 0.1) is 17.0 Å². The van der Waals surface area contributed by atoms with Gasteiger partial charge in [-0.05, 0) is 34.9 Å². The van der Waals surface area contributed by atoms with E-state index in [1.54, 1.807) is 13.0 Å². The highest BCUT2D eigenvalue weighted by Crippen LogP contribution is 2.25. The first kappa shape index (κ1) is 19.1. The number of nitrogens with zero attached hydrogens (tertiary/aromatic N) is 3. The third-order valence-electron chi connectivity index (χ3n) is 3.94. The Kier molecular flexibility index (Phi) is 5.93. The molecule has 25 heavy (non-hydrogen) atoms. The molecule has 2 rings (SSSR count). The van der Waals surface area contributed by atoms with Crippen molar-refractivity contribution in [2.24, 2.45) is 0 Å². The van der Waals surface area contributed by atoms with Gasteiger partial charge in [-0.3, -0.25) is 4.79 Å². The van der Waals surface area contributed by atoms with E-state index in [2.05, 4.69) is 4.98 Å². The molecule has 0 spiro atoms. The summed E-state index contributed by atoms with van der Waals surface area (Å²) in [5, 5.41) is 11.0. The zero-order chi connectivity index (χ0) is 18.6. The van der Waals surface area contributed by atoms with E-state index in [0.29, 0.717) is 25.1 Å². The molecule has 1 aromatic heterocycles. The summed E-state index contributed by atoms with van der Waals surface area (Å²) >= 11 is 0. The molecule has 0 radical (unpaired) electrons. The van der Waals surface area contributed by atoms with E-state index in [4.69, 9.17) is 4.74 Å². The Morgan fingerprint density at radius 3 is 2.76 bits per heavy atom. The minimum atomic E-state index is -3.12. The molecule has 10 heteroatoms. The Bertz CT molecular complexity index is 765. The van der Waals surface area contributed by atoms with Crippen molar-refractivity contribution in [1.82, 2.24) is 9.88 Å². The number of carbonyl (C=O) groups is 1. The molecule has 0 bridgehead atoms. The fraction of sp³-hybridized carbons (Fsp3) is 0.600. The Balaban J connectivity index is 2.08. The van der Waals surface area contributed by atoms with Crippen LogP contribution in [0.4, 0.5) is 5.82 Å². The first-order valence-electron chi connectivity index (χ1n) is 7.98. The standard InChI is InChI=1S/C15H21N3O6S/c1-3-7-17(12-6-8-25(22,23)10-12)14(19)9-24-13-5-4-11(2)16-15(13)18(20)21/h4-5,12H,3,6-10H2,1-2H3/t12-/m1/s1. The van der Waals surface area contributed by atoms with Crippen LogP contribution >= 0.6 is 0 Å². The van der Waals surface area contributed by atoms with Gasteiger partial charge in [-0.15, -0.1) is 0 Å². The third kappa shape index (κ3) is 4.88. The molecule has 1 fully saturated rings. The van der Waals surface area contributed by atoms with E-state index >= 15 is 0 Å². The van der Waals surface area contributed by atoms with Crippen molar-refractivity contribution in [3.63, 3.8) is 0 Å². The van der Waals surface area contributed by atoms with Gasteiger partial charge in [-0.1, -0.05) is 6.92 Å². The predicted octanol–water partition coefficient (Wildman–Crippen LogP) is 1.10. The number of hydrogen-bond acceptors (Lipinski definition) is 7. The van der Waals surface area contributed by atoms with Crippen molar-refractivity contribution in [2.45, 2.75) is 32.7 Å². The first-order chi connectivity index (χ1) is 11.7. The van der Waals surface area contributed by atoms with E-state index in [1.807, 2.05) is 6.92 Å². The number of amides is 1. The van der Waals surface area contributed by atoms with Crippen LogP contribution < -0.4 is 4.74 Å². The molecule has 0 saturated carbocycles. The summed E-state index contributed by atoms with van der Waals surface area (Å²) in [5.41, 5.74) is 0.467. The second-order valence-electron chi connectivity index (χ2n) is 5.96. The average molecular weight is 371 g/mol. The van der Waals surface area contributed by atoms with Crippen LogP contribution in [-0.2, 0) is 14.6 Å². The van der Waals surface area contributed by atoms with E-state index in [9.17, 15) is 23.3 Å². The quantitative estimate of drug-likeness (QED) is 0.520. The maximum absolute atomic E-state index is 12.5. The second kappa shape index (κ2) is 7.77. The maximum atomic E-state index is 12.5. The lowest BCUT2D eigenvalue weighted by Gasteiger charge is -2.27. The number of hydrogen-bond donors (Lipinski definition) is 0. The van der Waals surface area contributed by atoms with Gasteiger partial charge in [0.25, 0.3) is 5.91 Å². The molecule has 0 N–H and O–H groups in total.